The Bertz CT molecular complexity index is 1340. The van der Waals surface area contributed by atoms with Gasteiger partial charge in [0.2, 0.25) is 0 Å². The highest BCUT2D eigenvalue weighted by Crippen LogP contribution is 2.46. The second-order valence-electron chi connectivity index (χ2n) is 7.79. The van der Waals surface area contributed by atoms with E-state index in [1.54, 1.807) is 49.4 Å². The lowest BCUT2D eigenvalue weighted by Crippen LogP contribution is -2.27. The highest BCUT2D eigenvalue weighted by Gasteiger charge is 2.25. The van der Waals surface area contributed by atoms with Gasteiger partial charge in [0.1, 0.15) is 17.1 Å². The Hall–Kier alpha value is -3.25. The smallest absolute Gasteiger partial charge is 0.197 e. The summed E-state index contributed by atoms with van der Waals surface area (Å²) in [5.41, 5.74) is 3.17. The fourth-order valence-corrected chi connectivity index (χ4v) is 5.44. The van der Waals surface area contributed by atoms with Gasteiger partial charge in [0.15, 0.2) is 5.43 Å². The average Bonchev–Trinajstić information content (AvgIpc) is 3.00. The van der Waals surface area contributed by atoms with Gasteiger partial charge in [0.05, 0.1) is 30.0 Å². The number of halogens is 1. The normalized spacial score (nSPS) is 15.9. The van der Waals surface area contributed by atoms with Crippen LogP contribution in [0.3, 0.4) is 0 Å². The highest BCUT2D eigenvalue weighted by atomic mass is 32.2. The SMILES string of the molecule is COc1ccc2c(c1)SC(c1cccc(F)c1)CCN2Cc1coc2ccccc2c1=O. The Morgan fingerprint density at radius 2 is 2.00 bits per heavy atom. The van der Waals surface area contributed by atoms with Crippen LogP contribution in [-0.2, 0) is 6.54 Å². The largest absolute Gasteiger partial charge is 0.497 e. The molecule has 0 fully saturated rings. The molecular weight excluding hydrogens is 425 g/mol. The number of benzene rings is 3. The topological polar surface area (TPSA) is 42.7 Å². The zero-order valence-electron chi connectivity index (χ0n) is 17.6. The molecule has 162 valence electrons. The zero-order valence-corrected chi connectivity index (χ0v) is 18.4. The maximum Gasteiger partial charge on any atom is 0.197 e. The Labute approximate surface area is 189 Å². The first-order valence-electron chi connectivity index (χ1n) is 10.5. The number of para-hydroxylation sites is 1. The van der Waals surface area contributed by atoms with E-state index in [0.717, 1.165) is 34.9 Å². The minimum atomic E-state index is -0.233. The number of nitrogens with zero attached hydrogens (tertiary/aromatic N) is 1. The van der Waals surface area contributed by atoms with Crippen molar-refractivity contribution in [3.8, 4) is 5.75 Å². The summed E-state index contributed by atoms with van der Waals surface area (Å²) in [7, 11) is 1.64. The zero-order chi connectivity index (χ0) is 22.1. The van der Waals surface area contributed by atoms with E-state index in [2.05, 4.69) is 4.90 Å². The second kappa shape index (κ2) is 8.71. The molecule has 5 rings (SSSR count). The third-order valence-corrected chi connectivity index (χ3v) is 7.14. The average molecular weight is 448 g/mol. The molecule has 1 unspecified atom stereocenters. The van der Waals surface area contributed by atoms with E-state index in [0.29, 0.717) is 23.1 Å². The molecule has 1 aliphatic rings. The van der Waals surface area contributed by atoms with E-state index in [-0.39, 0.29) is 16.5 Å². The van der Waals surface area contributed by atoms with Gasteiger partial charge >= 0.3 is 0 Å². The van der Waals surface area contributed by atoms with Crippen molar-refractivity contribution in [1.29, 1.82) is 0 Å². The summed E-state index contributed by atoms with van der Waals surface area (Å²) in [4.78, 5) is 16.3. The van der Waals surface area contributed by atoms with Crippen molar-refractivity contribution in [3.63, 3.8) is 0 Å². The summed E-state index contributed by atoms with van der Waals surface area (Å²) in [5, 5.41) is 0.677. The van der Waals surface area contributed by atoms with Crippen molar-refractivity contribution in [1.82, 2.24) is 0 Å². The third-order valence-electron chi connectivity index (χ3n) is 5.77. The lowest BCUT2D eigenvalue weighted by molar-refractivity contribution is 0.413. The molecule has 0 bridgehead atoms. The monoisotopic (exact) mass is 447 g/mol. The molecule has 4 nitrogen and oxygen atoms in total. The number of ether oxygens (including phenoxy) is 1. The number of hydrogen-bond donors (Lipinski definition) is 0. The van der Waals surface area contributed by atoms with Crippen LogP contribution in [0.2, 0.25) is 0 Å². The summed E-state index contributed by atoms with van der Waals surface area (Å²) in [5.74, 6) is 0.533. The van der Waals surface area contributed by atoms with Gasteiger partial charge in [-0.15, -0.1) is 11.8 Å². The molecule has 1 aromatic heterocycles. The molecule has 0 saturated carbocycles. The summed E-state index contributed by atoms with van der Waals surface area (Å²) in [6.45, 7) is 1.16. The molecule has 0 aliphatic carbocycles. The number of anilines is 1. The van der Waals surface area contributed by atoms with Crippen LogP contribution in [0, 0.1) is 5.82 Å². The lowest BCUT2D eigenvalue weighted by atomic mass is 10.1. The summed E-state index contributed by atoms with van der Waals surface area (Å²) < 4.78 is 25.1. The molecule has 4 aromatic rings. The van der Waals surface area contributed by atoms with Gasteiger partial charge in [-0.05, 0) is 54.4 Å². The van der Waals surface area contributed by atoms with Gasteiger partial charge in [0, 0.05) is 23.2 Å². The van der Waals surface area contributed by atoms with Crippen LogP contribution in [0.25, 0.3) is 11.0 Å². The molecule has 32 heavy (non-hydrogen) atoms. The van der Waals surface area contributed by atoms with E-state index in [1.807, 2.05) is 36.4 Å². The lowest BCUT2D eigenvalue weighted by Gasteiger charge is -2.24. The van der Waals surface area contributed by atoms with E-state index >= 15 is 0 Å². The third kappa shape index (κ3) is 3.98. The van der Waals surface area contributed by atoms with Crippen LogP contribution in [0.4, 0.5) is 10.1 Å². The maximum absolute atomic E-state index is 13.9. The molecule has 0 N–H and O–H groups in total. The molecule has 1 atom stereocenters. The second-order valence-corrected chi connectivity index (χ2v) is 9.04. The van der Waals surface area contributed by atoms with Crippen molar-refractivity contribution in [2.45, 2.75) is 23.1 Å². The number of rotatable bonds is 4. The first kappa shape index (κ1) is 20.6. The molecule has 0 saturated heterocycles. The Balaban J connectivity index is 1.52. The number of hydrogen-bond acceptors (Lipinski definition) is 5. The predicted octanol–water partition coefficient (Wildman–Crippen LogP) is 6.18. The van der Waals surface area contributed by atoms with Crippen molar-refractivity contribution >= 4 is 28.4 Å². The molecule has 1 aliphatic heterocycles. The van der Waals surface area contributed by atoms with Gasteiger partial charge in [-0.1, -0.05) is 24.3 Å². The quantitative estimate of drug-likeness (QED) is 0.373. The summed E-state index contributed by atoms with van der Waals surface area (Å²) in [6, 6.07) is 20.0. The van der Waals surface area contributed by atoms with Gasteiger partial charge < -0.3 is 14.1 Å². The molecule has 6 heteroatoms. The van der Waals surface area contributed by atoms with Crippen LogP contribution >= 0.6 is 11.8 Å². The minimum absolute atomic E-state index is 0.0134. The Morgan fingerprint density at radius 3 is 2.84 bits per heavy atom. The molecular formula is C26H22FNO3S. The van der Waals surface area contributed by atoms with Gasteiger partial charge in [0.25, 0.3) is 0 Å². The van der Waals surface area contributed by atoms with E-state index in [9.17, 15) is 9.18 Å². The molecule has 3 aromatic carbocycles. The van der Waals surface area contributed by atoms with E-state index < -0.39 is 0 Å². The molecule has 0 spiro atoms. The highest BCUT2D eigenvalue weighted by molar-refractivity contribution is 7.99. The van der Waals surface area contributed by atoms with Crippen LogP contribution in [0.5, 0.6) is 5.75 Å². The molecule has 0 amide bonds. The van der Waals surface area contributed by atoms with Crippen LogP contribution < -0.4 is 15.1 Å². The number of methoxy groups -OCH3 is 1. The first-order valence-corrected chi connectivity index (χ1v) is 11.3. The predicted molar refractivity (Wildman–Crippen MR) is 126 cm³/mol. The summed E-state index contributed by atoms with van der Waals surface area (Å²) >= 11 is 1.70. The fourth-order valence-electron chi connectivity index (χ4n) is 4.12. The van der Waals surface area contributed by atoms with Gasteiger partial charge in [-0.25, -0.2) is 4.39 Å². The van der Waals surface area contributed by atoms with Gasteiger partial charge in [-0.2, -0.15) is 0 Å². The molecule has 2 heterocycles. The van der Waals surface area contributed by atoms with Crippen LogP contribution in [0.1, 0.15) is 22.8 Å². The standard InChI is InChI=1S/C26H22FNO3S/c1-30-20-9-10-22-25(14-20)32-24(17-5-4-6-19(27)13-17)11-12-28(22)15-18-16-31-23-8-3-2-7-21(23)26(18)29/h2-10,13-14,16,24H,11-12,15H2,1H3. The number of thioether (sulfide) groups is 1. The van der Waals surface area contributed by atoms with Crippen LogP contribution in [0.15, 0.2) is 87.1 Å². The number of fused-ring (bicyclic) bond motifs is 2. The van der Waals surface area contributed by atoms with E-state index in [4.69, 9.17) is 9.15 Å². The summed E-state index contributed by atoms with van der Waals surface area (Å²) in [6.07, 6.45) is 2.37. The van der Waals surface area contributed by atoms with Crippen LogP contribution in [-0.4, -0.2) is 13.7 Å². The first-order chi connectivity index (χ1) is 15.6. The fraction of sp³-hybridized carbons (Fsp3) is 0.192. The van der Waals surface area contributed by atoms with Crippen molar-refractivity contribution < 1.29 is 13.5 Å². The van der Waals surface area contributed by atoms with E-state index in [1.165, 1.54) is 6.07 Å². The Kier molecular flexibility index (Phi) is 5.62. The van der Waals surface area contributed by atoms with Crippen molar-refractivity contribution in [3.05, 3.63) is 100 Å². The van der Waals surface area contributed by atoms with Crippen molar-refractivity contribution in [2.24, 2.45) is 0 Å². The Morgan fingerprint density at radius 1 is 1.12 bits per heavy atom. The van der Waals surface area contributed by atoms with Gasteiger partial charge in [-0.3, -0.25) is 4.79 Å². The van der Waals surface area contributed by atoms with Crippen molar-refractivity contribution in [2.75, 3.05) is 18.6 Å². The maximum atomic E-state index is 13.9. The molecule has 0 radical (unpaired) electrons. The minimum Gasteiger partial charge on any atom is -0.497 e.